The van der Waals surface area contributed by atoms with Gasteiger partial charge in [-0.2, -0.15) is 5.10 Å². The number of amides is 1. The third-order valence-corrected chi connectivity index (χ3v) is 5.55. The molecule has 6 heteroatoms. The average molecular weight is 313 g/mol. The highest BCUT2D eigenvalue weighted by Crippen LogP contribution is 2.37. The Balaban J connectivity index is 1.54. The molecule has 1 N–H and O–H groups in total. The second-order valence-corrected chi connectivity index (χ2v) is 7.02. The van der Waals surface area contributed by atoms with E-state index in [4.69, 9.17) is 0 Å². The van der Waals surface area contributed by atoms with Gasteiger partial charge in [-0.05, 0) is 44.2 Å². The summed E-state index contributed by atoms with van der Waals surface area (Å²) < 4.78 is 1.76. The predicted molar refractivity (Wildman–Crippen MR) is 88.3 cm³/mol. The van der Waals surface area contributed by atoms with Gasteiger partial charge in [0.25, 0.3) is 5.91 Å². The van der Waals surface area contributed by atoms with E-state index in [9.17, 15) is 4.79 Å². The number of carbonyl (C=O) groups is 1. The van der Waals surface area contributed by atoms with E-state index < -0.39 is 0 Å². The summed E-state index contributed by atoms with van der Waals surface area (Å²) in [4.78, 5) is 19.2. The summed E-state index contributed by atoms with van der Waals surface area (Å²) in [6, 6.07) is 1.94. The molecule has 2 aliphatic heterocycles. The molecule has 0 bridgehead atoms. The van der Waals surface area contributed by atoms with E-state index in [2.05, 4.69) is 15.4 Å². The molecule has 0 aliphatic carbocycles. The summed E-state index contributed by atoms with van der Waals surface area (Å²) in [6.45, 7) is 5.89. The second-order valence-electron chi connectivity index (χ2n) is 7.02. The first-order valence-electron chi connectivity index (χ1n) is 8.37. The number of aromatic nitrogens is 3. The van der Waals surface area contributed by atoms with Crippen LogP contribution in [0.1, 0.15) is 35.3 Å². The number of likely N-dealkylation sites (tertiary alicyclic amines) is 1. The molecule has 4 heterocycles. The molecular formula is C17H23N5O. The lowest BCUT2D eigenvalue weighted by Crippen LogP contribution is -2.44. The molecule has 6 nitrogen and oxygen atoms in total. The fourth-order valence-electron chi connectivity index (χ4n) is 4.01. The van der Waals surface area contributed by atoms with Gasteiger partial charge in [0.2, 0.25) is 0 Å². The third kappa shape index (κ3) is 2.41. The van der Waals surface area contributed by atoms with Crippen molar-refractivity contribution in [1.82, 2.24) is 25.0 Å². The van der Waals surface area contributed by atoms with Crippen LogP contribution in [-0.4, -0.2) is 51.8 Å². The fourth-order valence-corrected chi connectivity index (χ4v) is 4.01. The zero-order valence-electron chi connectivity index (χ0n) is 13.8. The van der Waals surface area contributed by atoms with Crippen molar-refractivity contribution in [2.45, 2.75) is 26.2 Å². The number of hydrogen-bond donors (Lipinski definition) is 1. The molecule has 4 rings (SSSR count). The van der Waals surface area contributed by atoms with Gasteiger partial charge in [0.1, 0.15) is 0 Å². The number of aryl methyl sites for hydroxylation is 2. The quantitative estimate of drug-likeness (QED) is 0.866. The monoisotopic (exact) mass is 313 g/mol. The summed E-state index contributed by atoms with van der Waals surface area (Å²) in [5.41, 5.74) is 2.85. The molecule has 122 valence electrons. The Hall–Kier alpha value is -1.95. The highest BCUT2D eigenvalue weighted by atomic mass is 16.2. The lowest BCUT2D eigenvalue weighted by Gasteiger charge is -2.38. The summed E-state index contributed by atoms with van der Waals surface area (Å²) in [5.74, 6) is 0.100. The predicted octanol–water partition coefficient (Wildman–Crippen LogP) is 1.49. The first kappa shape index (κ1) is 14.6. The van der Waals surface area contributed by atoms with Crippen LogP contribution in [-0.2, 0) is 7.05 Å². The zero-order valence-corrected chi connectivity index (χ0v) is 13.8. The molecule has 2 fully saturated rings. The molecular weight excluding hydrogens is 290 g/mol. The topological polar surface area (TPSA) is 63.1 Å². The molecule has 2 aromatic rings. The first-order chi connectivity index (χ1) is 11.1. The summed E-state index contributed by atoms with van der Waals surface area (Å²) in [5, 5.41) is 8.80. The minimum Gasteiger partial charge on any atom is -0.339 e. The highest BCUT2D eigenvalue weighted by molar-refractivity contribution is 5.97. The van der Waals surface area contributed by atoms with Crippen LogP contribution >= 0.6 is 0 Å². The Morgan fingerprint density at radius 3 is 2.78 bits per heavy atom. The minimum absolute atomic E-state index is 0.100. The summed E-state index contributed by atoms with van der Waals surface area (Å²) in [7, 11) is 1.88. The van der Waals surface area contributed by atoms with E-state index >= 15 is 0 Å². The lowest BCUT2D eigenvalue weighted by molar-refractivity contribution is 0.0607. The Morgan fingerprint density at radius 2 is 2.09 bits per heavy atom. The van der Waals surface area contributed by atoms with Crippen molar-refractivity contribution in [3.8, 4) is 0 Å². The number of rotatable bonds is 1. The maximum absolute atomic E-state index is 12.8. The Bertz CT molecular complexity index is 750. The first-order valence-corrected chi connectivity index (χ1v) is 8.37. The smallest absolute Gasteiger partial charge is 0.255 e. The van der Waals surface area contributed by atoms with Crippen LogP contribution in [0.15, 0.2) is 12.3 Å². The second kappa shape index (κ2) is 5.30. The van der Waals surface area contributed by atoms with Crippen molar-refractivity contribution in [2.75, 3.05) is 26.2 Å². The van der Waals surface area contributed by atoms with Gasteiger partial charge in [0, 0.05) is 38.3 Å². The Kier molecular flexibility index (Phi) is 3.37. The molecule has 2 aromatic heterocycles. The highest BCUT2D eigenvalue weighted by Gasteiger charge is 2.38. The van der Waals surface area contributed by atoms with Crippen molar-refractivity contribution >= 4 is 16.9 Å². The standard InChI is InChI=1S/C17H23N5O/c1-12-14-9-13(10-19-15(14)21(2)20-12)16(23)22-7-4-17(5-8-22)3-6-18-11-17/h9-10,18H,3-8,11H2,1-2H3. The molecule has 0 radical (unpaired) electrons. The largest absolute Gasteiger partial charge is 0.339 e. The number of piperidine rings is 1. The number of nitrogens with one attached hydrogen (secondary N) is 1. The number of nitrogens with zero attached hydrogens (tertiary/aromatic N) is 4. The van der Waals surface area contributed by atoms with Gasteiger partial charge in [0.15, 0.2) is 5.65 Å². The van der Waals surface area contributed by atoms with Gasteiger partial charge >= 0.3 is 0 Å². The summed E-state index contributed by atoms with van der Waals surface area (Å²) >= 11 is 0. The molecule has 0 saturated carbocycles. The van der Waals surface area contributed by atoms with Crippen molar-refractivity contribution in [3.63, 3.8) is 0 Å². The third-order valence-electron chi connectivity index (χ3n) is 5.55. The molecule has 1 amide bonds. The summed E-state index contributed by atoms with van der Waals surface area (Å²) in [6.07, 6.45) is 5.14. The van der Waals surface area contributed by atoms with Gasteiger partial charge in [-0.25, -0.2) is 4.98 Å². The van der Waals surface area contributed by atoms with E-state index in [1.165, 1.54) is 6.42 Å². The molecule has 2 saturated heterocycles. The van der Waals surface area contributed by atoms with Crippen LogP contribution in [0.2, 0.25) is 0 Å². The van der Waals surface area contributed by atoms with E-state index in [0.29, 0.717) is 11.0 Å². The van der Waals surface area contributed by atoms with E-state index in [1.807, 2.05) is 24.9 Å². The number of pyridine rings is 1. The lowest BCUT2D eigenvalue weighted by atomic mass is 9.78. The zero-order chi connectivity index (χ0) is 16.0. The van der Waals surface area contributed by atoms with E-state index in [1.54, 1.807) is 10.9 Å². The minimum atomic E-state index is 0.100. The van der Waals surface area contributed by atoms with Crippen LogP contribution in [0.5, 0.6) is 0 Å². The number of hydrogen-bond acceptors (Lipinski definition) is 4. The number of carbonyl (C=O) groups excluding carboxylic acids is 1. The van der Waals surface area contributed by atoms with Crippen molar-refractivity contribution in [3.05, 3.63) is 23.5 Å². The van der Waals surface area contributed by atoms with Crippen molar-refractivity contribution < 1.29 is 4.79 Å². The van der Waals surface area contributed by atoms with Crippen LogP contribution in [0.25, 0.3) is 11.0 Å². The molecule has 0 unspecified atom stereocenters. The maximum atomic E-state index is 12.8. The molecule has 0 aromatic carbocycles. The number of fused-ring (bicyclic) bond motifs is 1. The van der Waals surface area contributed by atoms with Crippen molar-refractivity contribution in [2.24, 2.45) is 12.5 Å². The maximum Gasteiger partial charge on any atom is 0.255 e. The molecule has 0 atom stereocenters. The fraction of sp³-hybridized carbons (Fsp3) is 0.588. The molecule has 2 aliphatic rings. The van der Waals surface area contributed by atoms with Gasteiger partial charge in [-0.3, -0.25) is 9.48 Å². The molecule has 1 spiro atoms. The van der Waals surface area contributed by atoms with E-state index in [-0.39, 0.29) is 5.91 Å². The Labute approximate surface area is 135 Å². The van der Waals surface area contributed by atoms with Crippen LogP contribution in [0.3, 0.4) is 0 Å². The Morgan fingerprint density at radius 1 is 1.30 bits per heavy atom. The van der Waals surface area contributed by atoms with Crippen LogP contribution in [0.4, 0.5) is 0 Å². The average Bonchev–Trinajstić information content (AvgIpc) is 3.13. The SMILES string of the molecule is Cc1nn(C)c2ncc(C(=O)N3CCC4(CCNC4)CC3)cc12. The van der Waals surface area contributed by atoms with Crippen molar-refractivity contribution in [1.29, 1.82) is 0 Å². The van der Waals surface area contributed by atoms with Gasteiger partial charge in [0.05, 0.1) is 11.3 Å². The normalized spacial score (nSPS) is 20.5. The molecule has 23 heavy (non-hydrogen) atoms. The van der Waals surface area contributed by atoms with Gasteiger partial charge < -0.3 is 10.2 Å². The van der Waals surface area contributed by atoms with E-state index in [0.717, 1.165) is 55.7 Å². The van der Waals surface area contributed by atoms with Crippen LogP contribution in [0, 0.1) is 12.3 Å². The van der Waals surface area contributed by atoms with Gasteiger partial charge in [-0.1, -0.05) is 0 Å². The van der Waals surface area contributed by atoms with Crippen LogP contribution < -0.4 is 5.32 Å². The van der Waals surface area contributed by atoms with Gasteiger partial charge in [-0.15, -0.1) is 0 Å².